The van der Waals surface area contributed by atoms with Crippen molar-refractivity contribution < 1.29 is 47.6 Å². The highest BCUT2D eigenvalue weighted by Crippen LogP contribution is 2.52. The number of carbonyl (C=O) groups is 4. The number of rotatable bonds is 17. The van der Waals surface area contributed by atoms with Crippen molar-refractivity contribution in [2.24, 2.45) is 23.2 Å². The molecule has 3 aromatic rings. The van der Waals surface area contributed by atoms with Crippen LogP contribution in [0.5, 0.6) is 11.5 Å². The van der Waals surface area contributed by atoms with E-state index in [1.54, 1.807) is 12.1 Å². The number of benzene rings is 1. The second-order valence-corrected chi connectivity index (χ2v) is 19.0. The van der Waals surface area contributed by atoms with Gasteiger partial charge < -0.3 is 49.3 Å². The lowest BCUT2D eigenvalue weighted by molar-refractivity contribution is -0.148. The molecule has 8 atom stereocenters. The van der Waals surface area contributed by atoms with Gasteiger partial charge in [-0.25, -0.2) is 19.6 Å². The number of hydrogen-bond acceptors (Lipinski definition) is 14. The number of ether oxygens (including phenoxy) is 6. The SMILES string of the molecule is CC[C@@H]1C[C@]1(NC(=O)[C@@H]1C[C@@H](Oc2cc(-c3csc(NC(C)C)n3)nc3cc(OCC(OC)OC)ccc23)CN1C(=O)[C@@H](NC(=O)OC1CC2C[C@H]2C1)C(C)(C)C)C(=O)OC. The van der Waals surface area contributed by atoms with Gasteiger partial charge in [0.1, 0.15) is 53.6 Å². The van der Waals surface area contributed by atoms with Gasteiger partial charge in [0.05, 0.1) is 24.9 Å². The van der Waals surface area contributed by atoms with Crippen LogP contribution in [-0.4, -0.2) is 115 Å². The number of likely N-dealkylation sites (tertiary alicyclic amines) is 1. The molecular weight excluding hydrogens is 805 g/mol. The average molecular weight is 865 g/mol. The molecule has 3 saturated carbocycles. The fourth-order valence-electron chi connectivity index (χ4n) is 8.79. The molecule has 61 heavy (non-hydrogen) atoms. The third-order valence-electron chi connectivity index (χ3n) is 12.3. The van der Waals surface area contributed by atoms with E-state index in [2.05, 4.69) is 16.0 Å². The Morgan fingerprint density at radius 3 is 2.34 bits per heavy atom. The lowest BCUT2D eigenvalue weighted by Crippen LogP contribution is -2.59. The van der Waals surface area contributed by atoms with Gasteiger partial charge in [-0.05, 0) is 74.8 Å². The molecule has 3 aliphatic carbocycles. The minimum Gasteiger partial charge on any atom is -0.488 e. The molecule has 3 heterocycles. The maximum atomic E-state index is 14.8. The molecule has 4 aliphatic rings. The van der Waals surface area contributed by atoms with Gasteiger partial charge in [-0.15, -0.1) is 11.3 Å². The van der Waals surface area contributed by atoms with E-state index in [1.807, 2.05) is 59.1 Å². The third-order valence-corrected chi connectivity index (χ3v) is 13.1. The summed E-state index contributed by atoms with van der Waals surface area (Å²) in [7, 11) is 4.37. The van der Waals surface area contributed by atoms with Crippen LogP contribution >= 0.6 is 11.3 Å². The number of amides is 3. The van der Waals surface area contributed by atoms with E-state index >= 15 is 0 Å². The number of pyridine rings is 1. The molecule has 4 fully saturated rings. The van der Waals surface area contributed by atoms with Crippen LogP contribution in [0.25, 0.3) is 22.3 Å². The summed E-state index contributed by atoms with van der Waals surface area (Å²) in [6, 6.07) is 5.36. The van der Waals surface area contributed by atoms with E-state index in [-0.39, 0.29) is 37.6 Å². The van der Waals surface area contributed by atoms with Crippen molar-refractivity contribution in [1.29, 1.82) is 0 Å². The molecule has 7 rings (SSSR count). The smallest absolute Gasteiger partial charge is 0.408 e. The Labute approximate surface area is 361 Å². The fourth-order valence-corrected chi connectivity index (χ4v) is 9.64. The van der Waals surface area contributed by atoms with Crippen molar-refractivity contribution in [3.05, 3.63) is 29.6 Å². The van der Waals surface area contributed by atoms with E-state index in [0.29, 0.717) is 58.5 Å². The average Bonchev–Trinajstić information content (AvgIpc) is 3.88. The second-order valence-electron chi connectivity index (χ2n) is 18.2. The first-order chi connectivity index (χ1) is 29.0. The van der Waals surface area contributed by atoms with Gasteiger partial charge in [-0.2, -0.15) is 0 Å². The van der Waals surface area contributed by atoms with Gasteiger partial charge in [0.25, 0.3) is 0 Å². The number of methoxy groups -OCH3 is 3. The number of nitrogens with one attached hydrogen (secondary N) is 3. The van der Waals surface area contributed by atoms with Crippen LogP contribution in [0.15, 0.2) is 29.6 Å². The van der Waals surface area contributed by atoms with Crippen LogP contribution in [0.3, 0.4) is 0 Å². The van der Waals surface area contributed by atoms with Crippen LogP contribution in [0.2, 0.25) is 0 Å². The normalized spacial score (nSPS) is 25.9. The topological polar surface area (TPSA) is 189 Å². The van der Waals surface area contributed by atoms with Gasteiger partial charge in [0.15, 0.2) is 11.4 Å². The number of thiazole rings is 1. The standard InChI is InChI=1S/C44H60N6O10S/c1-10-26-19-44(26,40(53)57-9)49-38(51)34-17-29(20-50(34)39(52)37(43(4,5)6)48-42(54)60-28-14-24-13-25(24)15-28)59-35-18-32(33-22-61-41(47-33)45-23(2)3)46-31-16-27(11-12-30(31)35)58-21-36(55-7)56-8/h11-12,16,18,22-26,28-29,34,36-37H,10,13-15,17,19-21H2,1-9H3,(H,45,47)(H,48,54)(H,49,51)/t24-,25?,26+,28?,29+,34-,37+,44+/m0/s1. The molecule has 1 saturated heterocycles. The van der Waals surface area contributed by atoms with Crippen molar-refractivity contribution >= 4 is 51.2 Å². The molecule has 16 nitrogen and oxygen atoms in total. The fraction of sp³-hybridized carbons (Fsp3) is 0.636. The van der Waals surface area contributed by atoms with Gasteiger partial charge in [0.2, 0.25) is 11.8 Å². The van der Waals surface area contributed by atoms with Crippen molar-refractivity contribution in [1.82, 2.24) is 25.5 Å². The van der Waals surface area contributed by atoms with Crippen LogP contribution < -0.4 is 25.4 Å². The highest BCUT2D eigenvalue weighted by Gasteiger charge is 2.62. The molecule has 2 aromatic heterocycles. The Kier molecular flexibility index (Phi) is 13.0. The Hall–Kier alpha value is -4.74. The summed E-state index contributed by atoms with van der Waals surface area (Å²) in [5.74, 6) is 0.638. The lowest BCUT2D eigenvalue weighted by atomic mass is 9.85. The van der Waals surface area contributed by atoms with E-state index in [4.69, 9.17) is 38.4 Å². The summed E-state index contributed by atoms with van der Waals surface area (Å²) in [6.07, 6.45) is 1.96. The van der Waals surface area contributed by atoms with Gasteiger partial charge in [-0.1, -0.05) is 34.1 Å². The van der Waals surface area contributed by atoms with E-state index < -0.39 is 59.3 Å². The van der Waals surface area contributed by atoms with Crippen LogP contribution in [-0.2, 0) is 33.3 Å². The zero-order valence-corrected chi connectivity index (χ0v) is 37.4. The first-order valence-corrected chi connectivity index (χ1v) is 22.1. The number of esters is 1. The molecule has 2 unspecified atom stereocenters. The molecule has 332 valence electrons. The lowest BCUT2D eigenvalue weighted by Gasteiger charge is -2.35. The first-order valence-electron chi connectivity index (χ1n) is 21.3. The minimum atomic E-state index is -1.18. The maximum absolute atomic E-state index is 14.8. The number of alkyl carbamates (subject to hydrolysis) is 1. The molecule has 3 N–H and O–H groups in total. The van der Waals surface area contributed by atoms with E-state index in [0.717, 1.165) is 18.0 Å². The highest BCUT2D eigenvalue weighted by molar-refractivity contribution is 7.14. The zero-order valence-electron chi connectivity index (χ0n) is 36.6. The predicted molar refractivity (Wildman–Crippen MR) is 228 cm³/mol. The number of anilines is 1. The molecule has 1 aromatic carbocycles. The maximum Gasteiger partial charge on any atom is 0.408 e. The van der Waals surface area contributed by atoms with Crippen LogP contribution in [0.1, 0.15) is 80.1 Å². The monoisotopic (exact) mass is 864 g/mol. The highest BCUT2D eigenvalue weighted by atomic mass is 32.1. The molecule has 17 heteroatoms. The summed E-state index contributed by atoms with van der Waals surface area (Å²) in [4.78, 5) is 66.9. The summed E-state index contributed by atoms with van der Waals surface area (Å²) < 4.78 is 34.4. The number of hydrogen-bond donors (Lipinski definition) is 3. The van der Waals surface area contributed by atoms with Gasteiger partial charge in [-0.3, -0.25) is 9.59 Å². The summed E-state index contributed by atoms with van der Waals surface area (Å²) in [6.45, 7) is 11.8. The summed E-state index contributed by atoms with van der Waals surface area (Å²) in [5, 5.41) is 12.5. The Morgan fingerprint density at radius 1 is 0.967 bits per heavy atom. The second kappa shape index (κ2) is 17.9. The van der Waals surface area contributed by atoms with Crippen LogP contribution in [0.4, 0.5) is 9.93 Å². The van der Waals surface area contributed by atoms with Crippen molar-refractivity contribution in [2.75, 3.05) is 39.8 Å². The van der Waals surface area contributed by atoms with Gasteiger partial charge in [0, 0.05) is 49.6 Å². The van der Waals surface area contributed by atoms with Crippen molar-refractivity contribution in [3.8, 4) is 22.9 Å². The molecular formula is C44H60N6O10S. The Balaban J connectivity index is 1.20. The molecule has 3 amide bonds. The molecule has 1 aliphatic heterocycles. The molecule has 0 bridgehead atoms. The van der Waals surface area contributed by atoms with Gasteiger partial charge >= 0.3 is 12.1 Å². The number of aromatic nitrogens is 2. The minimum absolute atomic E-state index is 0.0174. The van der Waals surface area contributed by atoms with Crippen molar-refractivity contribution in [3.63, 3.8) is 0 Å². The summed E-state index contributed by atoms with van der Waals surface area (Å²) >= 11 is 1.46. The third kappa shape index (κ3) is 9.83. The zero-order chi connectivity index (χ0) is 43.8. The molecule has 0 spiro atoms. The summed E-state index contributed by atoms with van der Waals surface area (Å²) in [5.41, 5.74) is -0.189. The van der Waals surface area contributed by atoms with Crippen LogP contribution in [0, 0.1) is 23.2 Å². The van der Waals surface area contributed by atoms with E-state index in [1.165, 1.54) is 44.0 Å². The number of nitrogens with zero attached hydrogens (tertiary/aromatic N) is 3. The number of fused-ring (bicyclic) bond motifs is 2. The first kappa shape index (κ1) is 44.3. The predicted octanol–water partition coefficient (Wildman–Crippen LogP) is 5.92. The quantitative estimate of drug-likeness (QED) is 0.107. The van der Waals surface area contributed by atoms with Crippen molar-refractivity contribution in [2.45, 2.75) is 122 Å². The molecule has 0 radical (unpaired) electrons. The Morgan fingerprint density at radius 2 is 1.70 bits per heavy atom. The largest absolute Gasteiger partial charge is 0.488 e. The number of carbonyl (C=O) groups excluding carboxylic acids is 4. The Bertz CT molecular complexity index is 2090. The van der Waals surface area contributed by atoms with E-state index in [9.17, 15) is 19.2 Å².